The van der Waals surface area contributed by atoms with Crippen molar-refractivity contribution in [2.45, 2.75) is 58.6 Å². The molecule has 3 heterocycles. The normalized spacial score (nSPS) is 15.8. The number of fused-ring (bicyclic) bond motifs is 2. The van der Waals surface area contributed by atoms with Gasteiger partial charge in [-0.15, -0.1) is 0 Å². The number of halogens is 1. The number of carbonyl (C=O) groups excluding carboxylic acids is 3. The Balaban J connectivity index is 1.20. The molecule has 2 aliphatic heterocycles. The number of anilines is 2. The van der Waals surface area contributed by atoms with Gasteiger partial charge in [-0.3, -0.25) is 14.6 Å². The summed E-state index contributed by atoms with van der Waals surface area (Å²) in [6.07, 6.45) is 1.85. The number of amides is 1. The highest BCUT2D eigenvalue weighted by Crippen LogP contribution is 2.36. The van der Waals surface area contributed by atoms with E-state index in [0.717, 1.165) is 73.8 Å². The topological polar surface area (TPSA) is 102 Å². The fourth-order valence-corrected chi connectivity index (χ4v) is 6.70. The SMILES string of the molecule is CCCCCCOC(=O)OC(C(=O)OCC)N1C(=O)Cc2cc(CCN3CCN(c4nsc5ccccc45)CC3)c(Cl)cc21. The number of esters is 1. The second kappa shape index (κ2) is 15.0. The molecule has 2 aliphatic rings. The van der Waals surface area contributed by atoms with Crippen LogP contribution in [0.4, 0.5) is 16.3 Å². The molecule has 1 fully saturated rings. The minimum Gasteiger partial charge on any atom is -0.462 e. The maximum atomic E-state index is 13.2. The lowest BCUT2D eigenvalue weighted by molar-refractivity contribution is -0.155. The summed E-state index contributed by atoms with van der Waals surface area (Å²) >= 11 is 8.26. The zero-order valence-electron chi connectivity index (χ0n) is 25.3. The average molecular weight is 643 g/mol. The van der Waals surface area contributed by atoms with E-state index in [4.69, 9.17) is 30.2 Å². The highest BCUT2D eigenvalue weighted by atomic mass is 35.5. The van der Waals surface area contributed by atoms with Gasteiger partial charge in [0.2, 0.25) is 5.91 Å². The highest BCUT2D eigenvalue weighted by molar-refractivity contribution is 7.13. The number of carbonyl (C=O) groups is 3. The predicted octanol–water partition coefficient (Wildman–Crippen LogP) is 5.83. The quantitative estimate of drug-likeness (QED) is 0.168. The van der Waals surface area contributed by atoms with Gasteiger partial charge in [0, 0.05) is 43.1 Å². The van der Waals surface area contributed by atoms with E-state index in [9.17, 15) is 14.4 Å². The Kier molecular flexibility index (Phi) is 10.9. The first kappa shape index (κ1) is 32.0. The molecule has 1 saturated heterocycles. The molecule has 3 aromatic rings. The van der Waals surface area contributed by atoms with Crippen LogP contribution in [-0.2, 0) is 36.6 Å². The lowest BCUT2D eigenvalue weighted by atomic mass is 10.1. The predicted molar refractivity (Wildman–Crippen MR) is 172 cm³/mol. The van der Waals surface area contributed by atoms with Crippen molar-refractivity contribution in [3.8, 4) is 0 Å². The van der Waals surface area contributed by atoms with Gasteiger partial charge in [0.1, 0.15) is 5.82 Å². The average Bonchev–Trinajstić information content (AvgIpc) is 3.59. The fraction of sp³-hybridized carbons (Fsp3) is 0.500. The maximum Gasteiger partial charge on any atom is 0.510 e. The van der Waals surface area contributed by atoms with E-state index in [1.54, 1.807) is 13.0 Å². The van der Waals surface area contributed by atoms with Crippen LogP contribution in [0.15, 0.2) is 36.4 Å². The minimum atomic E-state index is -1.60. The van der Waals surface area contributed by atoms with Gasteiger partial charge in [0.15, 0.2) is 0 Å². The standard InChI is InChI=1S/C32H39ClN4O6S/c1-3-5-6-9-18-42-32(40)43-30(31(39)41-4-2)37-26-21-25(33)22(19-23(26)20-28(37)38)12-13-35-14-16-36(17-15-35)29-24-10-7-8-11-27(24)44-34-29/h7-8,10-11,19,21,30H,3-6,9,12-18,20H2,1-2H3. The van der Waals surface area contributed by atoms with Crippen LogP contribution >= 0.6 is 23.1 Å². The summed E-state index contributed by atoms with van der Waals surface area (Å²) in [5, 5.41) is 1.69. The van der Waals surface area contributed by atoms with Crippen molar-refractivity contribution in [2.75, 3.05) is 55.7 Å². The molecule has 10 nitrogen and oxygen atoms in total. The van der Waals surface area contributed by atoms with Crippen LogP contribution < -0.4 is 9.80 Å². The second-order valence-electron chi connectivity index (χ2n) is 11.0. The van der Waals surface area contributed by atoms with Crippen LogP contribution in [0.25, 0.3) is 10.1 Å². The van der Waals surface area contributed by atoms with Gasteiger partial charge in [-0.25, -0.2) is 9.59 Å². The molecule has 0 spiro atoms. The van der Waals surface area contributed by atoms with E-state index in [0.29, 0.717) is 23.6 Å². The number of nitrogens with zero attached hydrogens (tertiary/aromatic N) is 4. The van der Waals surface area contributed by atoms with Gasteiger partial charge in [-0.05, 0) is 60.6 Å². The summed E-state index contributed by atoms with van der Waals surface area (Å²) in [7, 11) is 0. The van der Waals surface area contributed by atoms with E-state index >= 15 is 0 Å². The van der Waals surface area contributed by atoms with Crippen molar-refractivity contribution < 1.29 is 28.6 Å². The molecule has 0 aliphatic carbocycles. The lowest BCUT2D eigenvalue weighted by Crippen LogP contribution is -2.47. The molecular weight excluding hydrogens is 604 g/mol. The summed E-state index contributed by atoms with van der Waals surface area (Å²) in [6.45, 7) is 8.40. The third-order valence-electron chi connectivity index (χ3n) is 7.99. The first-order valence-electron chi connectivity index (χ1n) is 15.3. The minimum absolute atomic E-state index is 0.0606. The van der Waals surface area contributed by atoms with Crippen LogP contribution in [-0.4, -0.2) is 79.5 Å². The second-order valence-corrected chi connectivity index (χ2v) is 12.2. The molecule has 2 aromatic carbocycles. The zero-order valence-corrected chi connectivity index (χ0v) is 26.8. The van der Waals surface area contributed by atoms with Crippen LogP contribution in [0, 0.1) is 0 Å². The molecule has 0 radical (unpaired) electrons. The van der Waals surface area contributed by atoms with E-state index < -0.39 is 18.4 Å². The molecule has 1 amide bonds. The Morgan fingerprint density at radius 3 is 2.61 bits per heavy atom. The summed E-state index contributed by atoms with van der Waals surface area (Å²) in [5.41, 5.74) is 2.08. The number of unbranched alkanes of at least 4 members (excludes halogenated alkanes) is 3. The zero-order chi connectivity index (χ0) is 31.1. The van der Waals surface area contributed by atoms with Gasteiger partial charge in [0.25, 0.3) is 6.23 Å². The van der Waals surface area contributed by atoms with E-state index in [1.807, 2.05) is 12.1 Å². The largest absolute Gasteiger partial charge is 0.510 e. The summed E-state index contributed by atoms with van der Waals surface area (Å²) in [4.78, 5) is 44.3. The molecule has 0 bridgehead atoms. The first-order valence-corrected chi connectivity index (χ1v) is 16.5. The summed E-state index contributed by atoms with van der Waals surface area (Å²) in [5.74, 6) is -0.166. The Bertz CT molecular complexity index is 1470. The molecule has 44 heavy (non-hydrogen) atoms. The third-order valence-corrected chi connectivity index (χ3v) is 9.16. The number of piperazine rings is 1. The van der Waals surface area contributed by atoms with E-state index in [-0.39, 0.29) is 25.5 Å². The molecule has 1 unspecified atom stereocenters. The van der Waals surface area contributed by atoms with Crippen LogP contribution in [0.1, 0.15) is 50.7 Å². The van der Waals surface area contributed by atoms with Crippen LogP contribution in [0.2, 0.25) is 5.02 Å². The summed E-state index contributed by atoms with van der Waals surface area (Å²) < 4.78 is 21.6. The number of benzene rings is 2. The Hall–Kier alpha value is -3.41. The van der Waals surface area contributed by atoms with Gasteiger partial charge < -0.3 is 19.1 Å². The van der Waals surface area contributed by atoms with Gasteiger partial charge >= 0.3 is 12.1 Å². The monoisotopic (exact) mass is 642 g/mol. The molecule has 236 valence electrons. The van der Waals surface area contributed by atoms with E-state index in [1.165, 1.54) is 21.6 Å². The molecule has 5 rings (SSSR count). The van der Waals surface area contributed by atoms with Crippen molar-refractivity contribution in [1.82, 2.24) is 9.27 Å². The van der Waals surface area contributed by atoms with Crippen molar-refractivity contribution >= 4 is 62.8 Å². The molecule has 12 heteroatoms. The molecule has 1 aromatic heterocycles. The molecule has 0 saturated carbocycles. The molecular formula is C32H39ClN4O6S. The number of ether oxygens (including phenoxy) is 3. The molecule has 0 N–H and O–H groups in total. The van der Waals surface area contributed by atoms with Gasteiger partial charge in [0.05, 0.1) is 30.0 Å². The fourth-order valence-electron chi connectivity index (χ4n) is 5.65. The smallest absolute Gasteiger partial charge is 0.462 e. The first-order chi connectivity index (χ1) is 21.4. The number of hydrogen-bond donors (Lipinski definition) is 0. The number of aromatic nitrogens is 1. The van der Waals surface area contributed by atoms with Crippen molar-refractivity contribution in [3.63, 3.8) is 0 Å². The van der Waals surface area contributed by atoms with Crippen molar-refractivity contribution in [1.29, 1.82) is 0 Å². The summed E-state index contributed by atoms with van der Waals surface area (Å²) in [6, 6.07) is 11.9. The number of hydrogen-bond acceptors (Lipinski definition) is 10. The van der Waals surface area contributed by atoms with Gasteiger partial charge in [-0.2, -0.15) is 4.37 Å². The highest BCUT2D eigenvalue weighted by Gasteiger charge is 2.41. The third kappa shape index (κ3) is 7.44. The Morgan fingerprint density at radius 2 is 1.84 bits per heavy atom. The molecule has 1 atom stereocenters. The lowest BCUT2D eigenvalue weighted by Gasteiger charge is -2.35. The number of rotatable bonds is 13. The Labute approximate surface area is 267 Å². The Morgan fingerprint density at radius 1 is 1.05 bits per heavy atom. The van der Waals surface area contributed by atoms with Crippen molar-refractivity contribution in [2.24, 2.45) is 0 Å². The van der Waals surface area contributed by atoms with E-state index in [2.05, 4.69) is 34.9 Å². The van der Waals surface area contributed by atoms with Crippen molar-refractivity contribution in [3.05, 3.63) is 52.5 Å². The maximum absolute atomic E-state index is 13.2. The van der Waals surface area contributed by atoms with Crippen LogP contribution in [0.3, 0.4) is 0 Å². The van der Waals surface area contributed by atoms with Crippen LogP contribution in [0.5, 0.6) is 0 Å². The van der Waals surface area contributed by atoms with Gasteiger partial charge in [-0.1, -0.05) is 56.0 Å².